The standard InChI is InChI=1S/C23H24Cl3NO3.C23H22Cl3NO3.C23H24Cl3NO2.C23H22Cl3NO2.B.Na.H/c2*1-13-21-20(14-2-4-15(24)5-3-14)18(17-7-6-16(25)12-19(17)26)8-9-23(21,22(29)27-13)30-11-10-28;2*1-13-21-20(14-2-4-15(24)5-3-14)18(17-7-6-16(25)12-19(17)26)8-9-23(21,10-11-28)22(29)27-13;;;/h2-7,12-13,18,20-21,28H,8-11H2,1H3,(H,27,29);2-7,10,12-13,18,20-21H,8-9,11H2,1H3,(H,27,29);2-7,12-13,18,20-21,28H,8-11H2,1H3,(H,27,29);2-7,11-13,18,20-21H,8-10H2,1H3,(H,27,29);;;/q;;;;;+1;-1/t4*13-,18+,20+,21+,23+;;;/m1111.../s1. The summed E-state index contributed by atoms with van der Waals surface area (Å²) in [5.41, 5.74) is 5.23. The van der Waals surface area contributed by atoms with Crippen molar-refractivity contribution in [3.63, 3.8) is 0 Å². The molecule has 6 N–H and O–H groups in total. The second-order valence-corrected chi connectivity index (χ2v) is 37.8. The van der Waals surface area contributed by atoms with Gasteiger partial charge in [0.15, 0.2) is 11.2 Å². The normalized spacial score (nSPS) is 30.5. The quantitative estimate of drug-likeness (QED) is 0.0354. The number of benzene rings is 8. The number of nitrogens with one attached hydrogen (secondary N) is 4. The summed E-state index contributed by atoms with van der Waals surface area (Å²) in [5, 5.41) is 39.1. The first-order valence-corrected chi connectivity index (χ1v) is 44.4. The van der Waals surface area contributed by atoms with E-state index in [9.17, 15) is 39.0 Å². The van der Waals surface area contributed by atoms with Gasteiger partial charge in [-0.25, -0.2) is 0 Å². The van der Waals surface area contributed by atoms with Crippen LogP contribution in [-0.2, 0) is 38.2 Å². The van der Waals surface area contributed by atoms with Crippen LogP contribution < -0.4 is 50.8 Å². The minimum absolute atomic E-state index is 0. The molecule has 4 heterocycles. The zero-order valence-corrected chi connectivity index (χ0v) is 77.8. The molecule has 8 aliphatic rings. The third kappa shape index (κ3) is 19.2. The van der Waals surface area contributed by atoms with Crippen molar-refractivity contribution in [3.8, 4) is 0 Å². The van der Waals surface area contributed by atoms with E-state index in [1.54, 1.807) is 24.3 Å². The number of aliphatic hydroxyl groups is 2. The molecule has 4 saturated carbocycles. The minimum Gasteiger partial charge on any atom is -1.00 e. The van der Waals surface area contributed by atoms with Gasteiger partial charge < -0.3 is 52.0 Å². The number of amides is 4. The van der Waals surface area contributed by atoms with Gasteiger partial charge in [-0.2, -0.15) is 0 Å². The molecular formula is C92H93BCl12N4NaO10. The summed E-state index contributed by atoms with van der Waals surface area (Å²) >= 11 is 75.6. The van der Waals surface area contributed by atoms with E-state index in [0.29, 0.717) is 98.7 Å². The Hall–Kier alpha value is -4.64. The Morgan fingerprint density at radius 3 is 0.950 bits per heavy atom. The second-order valence-electron chi connectivity index (χ2n) is 32.7. The summed E-state index contributed by atoms with van der Waals surface area (Å²) in [6.45, 7) is 7.97. The van der Waals surface area contributed by atoms with Crippen LogP contribution in [0.2, 0.25) is 60.3 Å². The van der Waals surface area contributed by atoms with Crippen LogP contribution in [-0.4, -0.2) is 117 Å². The maximum atomic E-state index is 13.1. The SMILES string of the molecule is C[C@H]1NC(=O)[C@]2(CC=O)CC[C@@H](c3ccc(Cl)cc3Cl)[C@H](c3ccc(Cl)cc3)[C@H]12.C[C@H]1NC(=O)[C@]2(CCO)CC[C@@H](c3ccc(Cl)cc3Cl)[C@H](c3ccc(Cl)cc3)[C@H]12.C[C@H]1NC(=O)[C@]2(OCC=O)CC[C@@H](c3ccc(Cl)cc3Cl)[C@H](c3ccc(Cl)cc3)[C@H]12.C[C@H]1NC(=O)[C@]2(OCCO)CC[C@@H](c3ccc(Cl)cc3Cl)[C@H](c3ccc(Cl)cc3)[C@H]12.[B].[H-].[Na+]. The van der Waals surface area contributed by atoms with Crippen molar-refractivity contribution in [2.45, 2.75) is 175 Å². The Kier molecular flexibility index (Phi) is 32.8. The smallest absolute Gasteiger partial charge is 1.00 e. The van der Waals surface area contributed by atoms with Crippen LogP contribution in [0.4, 0.5) is 0 Å². The van der Waals surface area contributed by atoms with E-state index in [1.807, 2.05) is 166 Å². The third-order valence-electron chi connectivity index (χ3n) is 26.7. The van der Waals surface area contributed by atoms with E-state index in [1.165, 1.54) is 0 Å². The molecule has 28 heteroatoms. The Balaban J connectivity index is 0.000000168. The maximum absolute atomic E-state index is 13.1. The Morgan fingerprint density at radius 1 is 0.367 bits per heavy atom. The topological polar surface area (TPSA) is 209 Å². The molecule has 0 spiro atoms. The van der Waals surface area contributed by atoms with E-state index < -0.39 is 22.0 Å². The fourth-order valence-electron chi connectivity index (χ4n) is 22.1. The molecule has 4 saturated heterocycles. The van der Waals surface area contributed by atoms with Crippen molar-refractivity contribution >= 4 is 184 Å². The summed E-state index contributed by atoms with van der Waals surface area (Å²) in [5.74, 6) is -0.0633. The second kappa shape index (κ2) is 41.0. The summed E-state index contributed by atoms with van der Waals surface area (Å²) in [6.07, 6.45) is 7.71. The molecular weight excluding hydrogens is 1780 g/mol. The molecule has 16 rings (SSSR count). The number of fused-ring (bicyclic) bond motifs is 4. The number of ether oxygens (including phenoxy) is 2. The van der Waals surface area contributed by atoms with Gasteiger partial charge in [-0.3, -0.25) is 19.2 Å². The van der Waals surface area contributed by atoms with Gasteiger partial charge in [0.05, 0.1) is 24.0 Å². The van der Waals surface area contributed by atoms with Crippen molar-refractivity contribution in [1.29, 1.82) is 0 Å². The molecule has 629 valence electrons. The summed E-state index contributed by atoms with van der Waals surface area (Å²) in [7, 11) is 0. The van der Waals surface area contributed by atoms with E-state index in [4.69, 9.17) is 149 Å². The van der Waals surface area contributed by atoms with Crippen LogP contribution in [0.1, 0.15) is 185 Å². The molecule has 4 aliphatic carbocycles. The first kappa shape index (κ1) is 96.0. The van der Waals surface area contributed by atoms with E-state index in [0.717, 1.165) is 76.5 Å². The maximum Gasteiger partial charge on any atom is 1.00 e. The molecule has 8 aromatic carbocycles. The number of carbonyl (C=O) groups excluding carboxylic acids is 6. The van der Waals surface area contributed by atoms with Crippen LogP contribution in [0.5, 0.6) is 0 Å². The number of aliphatic hydroxyl groups excluding tert-OH is 2. The molecule has 0 aromatic heterocycles. The van der Waals surface area contributed by atoms with E-state index in [2.05, 4.69) is 28.2 Å². The monoisotopic (exact) mass is 1870 g/mol. The van der Waals surface area contributed by atoms with Gasteiger partial charge in [-0.1, -0.05) is 212 Å². The Morgan fingerprint density at radius 2 is 0.642 bits per heavy atom. The summed E-state index contributed by atoms with van der Waals surface area (Å²) < 4.78 is 12.1. The molecule has 8 aromatic rings. The van der Waals surface area contributed by atoms with Gasteiger partial charge in [-0.15, -0.1) is 0 Å². The molecule has 14 nitrogen and oxygen atoms in total. The molecule has 4 amide bonds. The molecule has 4 aliphatic heterocycles. The molecule has 120 heavy (non-hydrogen) atoms. The Labute approximate surface area is 787 Å². The summed E-state index contributed by atoms with van der Waals surface area (Å²) in [4.78, 5) is 74.7. The first-order valence-electron chi connectivity index (χ1n) is 39.9. The van der Waals surface area contributed by atoms with Gasteiger partial charge in [-0.05, 0) is 274 Å². The number of hydrogen-bond donors (Lipinski definition) is 6. The van der Waals surface area contributed by atoms with Crippen LogP contribution in [0.25, 0.3) is 0 Å². The van der Waals surface area contributed by atoms with Crippen LogP contribution in [0, 0.1) is 34.5 Å². The molecule has 0 bridgehead atoms. The van der Waals surface area contributed by atoms with E-state index in [-0.39, 0.29) is 191 Å². The van der Waals surface area contributed by atoms with Crippen molar-refractivity contribution in [3.05, 3.63) is 275 Å². The fraction of sp³-hybridized carbons (Fsp3) is 0.413. The van der Waals surface area contributed by atoms with Gasteiger partial charge in [0.2, 0.25) is 11.8 Å². The van der Waals surface area contributed by atoms with Gasteiger partial charge >= 0.3 is 29.6 Å². The molecule has 0 unspecified atom stereocenters. The third-order valence-corrected chi connectivity index (χ3v) is 29.9. The number of aldehydes is 2. The average Bonchev–Trinajstić information content (AvgIpc) is 1.62. The van der Waals surface area contributed by atoms with Gasteiger partial charge in [0, 0.05) is 130 Å². The number of rotatable bonds is 18. The predicted octanol–water partition coefficient (Wildman–Crippen LogP) is 19.2. The minimum atomic E-state index is -1.04. The zero-order chi connectivity index (χ0) is 84.4. The van der Waals surface area contributed by atoms with Crippen molar-refractivity contribution < 1.29 is 79.4 Å². The largest absolute Gasteiger partial charge is 1.00 e. The van der Waals surface area contributed by atoms with Gasteiger partial charge in [0.25, 0.3) is 11.8 Å². The molecule has 20 atom stereocenters. The molecule has 8 fully saturated rings. The number of halogens is 12. The van der Waals surface area contributed by atoms with Crippen molar-refractivity contribution in [1.82, 2.24) is 21.3 Å². The zero-order valence-electron chi connectivity index (χ0n) is 67.7. The number of carbonyl (C=O) groups is 6. The summed E-state index contributed by atoms with van der Waals surface area (Å²) in [6, 6.07) is 53.4. The Bertz CT molecular complexity index is 5020. The average molecular weight is 1870 g/mol. The predicted molar refractivity (Wildman–Crippen MR) is 480 cm³/mol. The number of hydrogen-bond acceptors (Lipinski definition) is 10. The first-order chi connectivity index (χ1) is 56.5. The van der Waals surface area contributed by atoms with Crippen LogP contribution >= 0.6 is 139 Å². The van der Waals surface area contributed by atoms with Crippen LogP contribution in [0.3, 0.4) is 0 Å². The van der Waals surface area contributed by atoms with Crippen molar-refractivity contribution in [2.75, 3.05) is 26.4 Å². The van der Waals surface area contributed by atoms with Gasteiger partial charge in [0.1, 0.15) is 19.2 Å². The fourth-order valence-corrected chi connectivity index (χ4v) is 24.8. The van der Waals surface area contributed by atoms with Crippen molar-refractivity contribution in [2.24, 2.45) is 34.5 Å². The van der Waals surface area contributed by atoms with E-state index >= 15 is 0 Å². The molecule has 3 radical (unpaired) electrons. The van der Waals surface area contributed by atoms with Crippen LogP contribution in [0.15, 0.2) is 170 Å².